The summed E-state index contributed by atoms with van der Waals surface area (Å²) in [7, 11) is 0. The summed E-state index contributed by atoms with van der Waals surface area (Å²) in [4.78, 5) is 11.5. The van der Waals surface area contributed by atoms with Gasteiger partial charge in [-0.2, -0.15) is 0 Å². The van der Waals surface area contributed by atoms with Crippen molar-refractivity contribution < 1.29 is 4.79 Å². The fourth-order valence-electron chi connectivity index (χ4n) is 2.01. The number of benzene rings is 1. The van der Waals surface area contributed by atoms with Gasteiger partial charge in [0, 0.05) is 11.8 Å². The monoisotopic (exact) mass is 205 g/mol. The first-order chi connectivity index (χ1) is 6.92. The predicted octanol–water partition coefficient (Wildman–Crippen LogP) is 1.47. The lowest BCUT2D eigenvalue weighted by Gasteiger charge is -2.33. The van der Waals surface area contributed by atoms with E-state index in [1.807, 2.05) is 19.9 Å². The molecule has 1 amide bonds. The van der Waals surface area contributed by atoms with Crippen LogP contribution in [0.15, 0.2) is 12.1 Å². The third-order valence-corrected chi connectivity index (χ3v) is 2.88. The van der Waals surface area contributed by atoms with Gasteiger partial charge >= 0.3 is 0 Å². The maximum atomic E-state index is 11.5. The summed E-state index contributed by atoms with van der Waals surface area (Å²) < 4.78 is 0. The predicted molar refractivity (Wildman–Crippen MR) is 61.5 cm³/mol. The molecule has 1 aromatic carbocycles. The van der Waals surface area contributed by atoms with E-state index in [1.165, 1.54) is 0 Å². The number of nitrogens with two attached hydrogens (primary N) is 2. The molecule has 0 radical (unpaired) electrons. The molecule has 0 atom stereocenters. The molecule has 0 saturated carbocycles. The maximum absolute atomic E-state index is 11.5. The summed E-state index contributed by atoms with van der Waals surface area (Å²) in [5, 5.41) is 2.78. The number of carbonyl (C=O) groups excluding carboxylic acids is 1. The minimum Gasteiger partial charge on any atom is -0.397 e. The van der Waals surface area contributed by atoms with E-state index in [0.29, 0.717) is 23.5 Å². The first-order valence-corrected chi connectivity index (χ1v) is 4.90. The lowest BCUT2D eigenvalue weighted by Crippen LogP contribution is -2.33. The minimum absolute atomic E-state index is 0.00944. The smallest absolute Gasteiger partial charge is 0.225 e. The molecule has 0 spiro atoms. The highest BCUT2D eigenvalue weighted by Crippen LogP contribution is 2.41. The van der Waals surface area contributed by atoms with Gasteiger partial charge in [-0.05, 0) is 11.6 Å². The molecule has 1 aliphatic heterocycles. The van der Waals surface area contributed by atoms with Crippen LogP contribution in [0.3, 0.4) is 0 Å². The number of nitrogens with one attached hydrogen (secondary N) is 1. The van der Waals surface area contributed by atoms with Gasteiger partial charge in [0.05, 0.1) is 17.1 Å². The van der Waals surface area contributed by atoms with Gasteiger partial charge in [-0.25, -0.2) is 0 Å². The molecular formula is C11H15N3O. The molecule has 4 nitrogen and oxygen atoms in total. The molecule has 1 aliphatic rings. The van der Waals surface area contributed by atoms with E-state index in [0.717, 1.165) is 5.56 Å². The molecule has 4 heteroatoms. The first-order valence-electron chi connectivity index (χ1n) is 4.90. The number of anilines is 3. The number of hydrogen-bond acceptors (Lipinski definition) is 3. The van der Waals surface area contributed by atoms with Crippen LogP contribution in [0.25, 0.3) is 0 Å². The largest absolute Gasteiger partial charge is 0.397 e. The van der Waals surface area contributed by atoms with E-state index in [-0.39, 0.29) is 11.3 Å². The molecule has 1 heterocycles. The molecule has 2 rings (SSSR count). The molecule has 0 aliphatic carbocycles. The molecule has 5 N–H and O–H groups in total. The van der Waals surface area contributed by atoms with E-state index in [4.69, 9.17) is 11.5 Å². The molecule has 0 fully saturated rings. The maximum Gasteiger partial charge on any atom is 0.225 e. The Morgan fingerprint density at radius 1 is 1.33 bits per heavy atom. The van der Waals surface area contributed by atoms with Gasteiger partial charge in [0.15, 0.2) is 0 Å². The van der Waals surface area contributed by atoms with E-state index in [1.54, 1.807) is 6.07 Å². The van der Waals surface area contributed by atoms with Crippen LogP contribution in [0.1, 0.15) is 25.8 Å². The van der Waals surface area contributed by atoms with Crippen LogP contribution in [0.2, 0.25) is 0 Å². The summed E-state index contributed by atoms with van der Waals surface area (Å²) in [6.07, 6.45) is 0.476. The average Bonchev–Trinajstić information content (AvgIpc) is 2.10. The van der Waals surface area contributed by atoms with Crippen LogP contribution < -0.4 is 16.8 Å². The normalized spacial score (nSPS) is 18.1. The Kier molecular flexibility index (Phi) is 1.89. The number of carbonyl (C=O) groups is 1. The van der Waals surface area contributed by atoms with Crippen molar-refractivity contribution in [2.24, 2.45) is 0 Å². The zero-order chi connectivity index (χ0) is 11.2. The number of amides is 1. The van der Waals surface area contributed by atoms with Gasteiger partial charge in [-0.1, -0.05) is 19.9 Å². The molecule has 0 bridgehead atoms. The van der Waals surface area contributed by atoms with Gasteiger partial charge in [0.1, 0.15) is 0 Å². The third-order valence-electron chi connectivity index (χ3n) is 2.88. The van der Waals surface area contributed by atoms with Crippen LogP contribution in [0.5, 0.6) is 0 Å². The Hall–Kier alpha value is -1.71. The van der Waals surface area contributed by atoms with Gasteiger partial charge in [0.25, 0.3) is 0 Å². The first kappa shape index (κ1) is 9.83. The molecule has 1 aromatic rings. The van der Waals surface area contributed by atoms with Gasteiger partial charge in [-0.15, -0.1) is 0 Å². The summed E-state index contributed by atoms with van der Waals surface area (Å²) >= 11 is 0. The summed E-state index contributed by atoms with van der Waals surface area (Å²) in [5.74, 6) is -0.00944. The van der Waals surface area contributed by atoms with Crippen molar-refractivity contribution in [1.29, 1.82) is 0 Å². The second-order valence-corrected chi connectivity index (χ2v) is 4.60. The molecule has 80 valence electrons. The van der Waals surface area contributed by atoms with Crippen LogP contribution in [0.4, 0.5) is 17.1 Å². The Morgan fingerprint density at radius 3 is 2.67 bits per heavy atom. The SMILES string of the molecule is CC1(C)CC(=O)Nc2c1ccc(N)c2N. The highest BCUT2D eigenvalue weighted by Gasteiger charge is 2.33. The zero-order valence-electron chi connectivity index (χ0n) is 8.92. The van der Waals surface area contributed by atoms with Crippen molar-refractivity contribution in [1.82, 2.24) is 0 Å². The van der Waals surface area contributed by atoms with E-state index < -0.39 is 0 Å². The van der Waals surface area contributed by atoms with E-state index >= 15 is 0 Å². The van der Waals surface area contributed by atoms with Crippen molar-refractivity contribution >= 4 is 23.0 Å². The molecule has 0 unspecified atom stereocenters. The average molecular weight is 205 g/mol. The molecule has 0 saturated heterocycles. The van der Waals surface area contributed by atoms with Crippen LogP contribution >= 0.6 is 0 Å². The molecule has 0 aromatic heterocycles. The summed E-state index contributed by atoms with van der Waals surface area (Å²) in [6.45, 7) is 4.06. The Labute approximate surface area is 88.6 Å². The van der Waals surface area contributed by atoms with Crippen molar-refractivity contribution in [2.75, 3.05) is 16.8 Å². The van der Waals surface area contributed by atoms with E-state index in [9.17, 15) is 4.79 Å². The highest BCUT2D eigenvalue weighted by molar-refractivity contribution is 6.00. The van der Waals surface area contributed by atoms with Crippen molar-refractivity contribution in [3.05, 3.63) is 17.7 Å². The Balaban J connectivity index is 2.67. The zero-order valence-corrected chi connectivity index (χ0v) is 8.92. The Morgan fingerprint density at radius 2 is 2.00 bits per heavy atom. The van der Waals surface area contributed by atoms with Gasteiger partial charge in [0.2, 0.25) is 5.91 Å². The topological polar surface area (TPSA) is 81.1 Å². The number of nitrogen functional groups attached to an aromatic ring is 2. The lowest BCUT2D eigenvalue weighted by atomic mass is 9.77. The van der Waals surface area contributed by atoms with Crippen LogP contribution in [-0.2, 0) is 10.2 Å². The van der Waals surface area contributed by atoms with Gasteiger partial charge in [-0.3, -0.25) is 4.79 Å². The second-order valence-electron chi connectivity index (χ2n) is 4.60. The van der Waals surface area contributed by atoms with Crippen molar-refractivity contribution in [2.45, 2.75) is 25.7 Å². The fraction of sp³-hybridized carbons (Fsp3) is 0.364. The highest BCUT2D eigenvalue weighted by atomic mass is 16.1. The molecule has 15 heavy (non-hydrogen) atoms. The summed E-state index contributed by atoms with van der Waals surface area (Å²) in [6, 6.07) is 3.72. The second kappa shape index (κ2) is 2.89. The molecular weight excluding hydrogens is 190 g/mol. The lowest BCUT2D eigenvalue weighted by molar-refractivity contribution is -0.117. The minimum atomic E-state index is -0.181. The van der Waals surface area contributed by atoms with E-state index in [2.05, 4.69) is 5.32 Å². The van der Waals surface area contributed by atoms with Crippen molar-refractivity contribution in [3.8, 4) is 0 Å². The fourth-order valence-corrected chi connectivity index (χ4v) is 2.01. The van der Waals surface area contributed by atoms with Crippen molar-refractivity contribution in [3.63, 3.8) is 0 Å². The standard InChI is InChI=1S/C11H15N3O/c1-11(2)5-8(15)14-10-6(11)3-4-7(12)9(10)13/h3-4H,5,12-13H2,1-2H3,(H,14,15). The summed E-state index contributed by atoms with van der Waals surface area (Å²) in [5.41, 5.74) is 14.1. The number of hydrogen-bond donors (Lipinski definition) is 3. The van der Waals surface area contributed by atoms with Crippen LogP contribution in [-0.4, -0.2) is 5.91 Å². The number of rotatable bonds is 0. The Bertz CT molecular complexity index is 438. The van der Waals surface area contributed by atoms with Crippen LogP contribution in [0, 0.1) is 0 Å². The third kappa shape index (κ3) is 1.42. The number of fused-ring (bicyclic) bond motifs is 1. The quantitative estimate of drug-likeness (QED) is 0.561. The van der Waals surface area contributed by atoms with Gasteiger partial charge < -0.3 is 16.8 Å².